The van der Waals surface area contributed by atoms with Crippen molar-refractivity contribution >= 4 is 64.0 Å². The zero-order valence-corrected chi connectivity index (χ0v) is 27.2. The molecule has 0 radical (unpaired) electrons. The number of hydrogen-bond donors (Lipinski definition) is 1. The molecule has 6 aromatic rings. The summed E-state index contributed by atoms with van der Waals surface area (Å²) in [6.07, 6.45) is 4.55. The molecule has 12 heteroatoms. The van der Waals surface area contributed by atoms with Gasteiger partial charge in [-0.15, -0.1) is 0 Å². The van der Waals surface area contributed by atoms with Gasteiger partial charge in [-0.25, -0.2) is 13.6 Å². The summed E-state index contributed by atoms with van der Waals surface area (Å²) in [5, 5.41) is 9.24. The predicted molar refractivity (Wildman–Crippen MR) is 187 cm³/mol. The quantitative estimate of drug-likeness (QED) is 0.114. The molecule has 2 aromatic heterocycles. The number of methoxy groups -OCH3 is 2. The van der Waals surface area contributed by atoms with Gasteiger partial charge in [-0.05, 0) is 90.5 Å². The minimum absolute atomic E-state index is 0.0296. The number of ether oxygens (including phenoxy) is 2. The van der Waals surface area contributed by atoms with Crippen LogP contribution in [0.15, 0.2) is 90.6 Å². The maximum absolute atomic E-state index is 15.6. The first-order valence-corrected chi connectivity index (χ1v) is 15.4. The van der Waals surface area contributed by atoms with E-state index in [2.05, 4.69) is 18.5 Å². The van der Waals surface area contributed by atoms with Gasteiger partial charge in [-0.1, -0.05) is 18.2 Å². The zero-order valence-electron chi connectivity index (χ0n) is 26.4. The summed E-state index contributed by atoms with van der Waals surface area (Å²) in [5.74, 6) is -2.58. The first-order chi connectivity index (χ1) is 23.7. The lowest BCUT2D eigenvalue weighted by Crippen LogP contribution is -2.09. The van der Waals surface area contributed by atoms with Crippen LogP contribution < -0.4 is 14.4 Å². The second-order valence-corrected chi connectivity index (χ2v) is 11.2. The summed E-state index contributed by atoms with van der Waals surface area (Å²) in [6.45, 7) is 7.08. The summed E-state index contributed by atoms with van der Waals surface area (Å²) >= 11 is 0.734. The molecule has 0 spiro atoms. The Morgan fingerprint density at radius 1 is 0.837 bits per heavy atom. The van der Waals surface area contributed by atoms with E-state index in [9.17, 15) is 9.90 Å². The van der Waals surface area contributed by atoms with E-state index in [4.69, 9.17) is 16.0 Å². The third-order valence-electron chi connectivity index (χ3n) is 7.93. The highest BCUT2D eigenvalue weighted by Crippen LogP contribution is 2.38. The van der Waals surface area contributed by atoms with Crippen molar-refractivity contribution in [2.24, 2.45) is 7.05 Å². The Bertz CT molecular complexity index is 2220. The molecular formula is C37H27F2N5O4S. The van der Waals surface area contributed by atoms with Crippen LogP contribution in [0.5, 0.6) is 11.5 Å². The Hall–Kier alpha value is -6.32. The third kappa shape index (κ3) is 6.35. The fourth-order valence-corrected chi connectivity index (χ4v) is 5.95. The van der Waals surface area contributed by atoms with E-state index in [-0.39, 0.29) is 16.6 Å². The zero-order chi connectivity index (χ0) is 34.7. The van der Waals surface area contributed by atoms with Gasteiger partial charge >= 0.3 is 5.97 Å². The summed E-state index contributed by atoms with van der Waals surface area (Å²) in [5.41, 5.74) is 3.49. The number of aliphatic carboxylic acids is 1. The minimum Gasteiger partial charge on any atom is -0.497 e. The van der Waals surface area contributed by atoms with Crippen LogP contribution in [-0.4, -0.2) is 38.6 Å². The van der Waals surface area contributed by atoms with Gasteiger partial charge in [-0.3, -0.25) is 4.79 Å². The minimum atomic E-state index is -1.56. The Labute approximate surface area is 284 Å². The number of carboxylic acids is 1. The number of carbonyl (C=O) groups is 1. The smallest absolute Gasteiger partial charge is 0.333 e. The fourth-order valence-electron chi connectivity index (χ4n) is 5.38. The molecule has 49 heavy (non-hydrogen) atoms. The lowest BCUT2D eigenvalue weighted by Gasteiger charge is -2.26. The number of anilines is 3. The molecule has 0 unspecified atom stereocenters. The van der Waals surface area contributed by atoms with Gasteiger partial charge in [0.1, 0.15) is 22.5 Å². The average molecular weight is 676 g/mol. The number of halogens is 2. The Balaban J connectivity index is 1.31. The molecular weight excluding hydrogens is 649 g/mol. The van der Waals surface area contributed by atoms with Gasteiger partial charge in [0.25, 0.3) is 5.70 Å². The number of aromatic nitrogens is 3. The number of hydrogen-bond acceptors (Lipinski definition) is 7. The fraction of sp³-hybridized carbons (Fsp3) is 0.0811. The summed E-state index contributed by atoms with van der Waals surface area (Å²) in [4.78, 5) is 16.4. The van der Waals surface area contributed by atoms with E-state index in [1.165, 1.54) is 0 Å². The molecule has 0 aliphatic heterocycles. The molecule has 0 aliphatic carbocycles. The molecule has 4 aromatic carbocycles. The number of carboxylic acid groups (broad SMARTS) is 1. The van der Waals surface area contributed by atoms with Gasteiger partial charge in [-0.2, -0.15) is 8.75 Å². The Morgan fingerprint density at radius 3 is 1.92 bits per heavy atom. The van der Waals surface area contributed by atoms with E-state index < -0.39 is 28.9 Å². The highest BCUT2D eigenvalue weighted by atomic mass is 32.1. The maximum Gasteiger partial charge on any atom is 0.333 e. The lowest BCUT2D eigenvalue weighted by atomic mass is 10.0. The monoisotopic (exact) mass is 675 g/mol. The molecule has 0 saturated heterocycles. The molecule has 244 valence electrons. The molecule has 2 heterocycles. The molecule has 0 amide bonds. The second-order valence-electron chi connectivity index (χ2n) is 10.7. The molecule has 0 aliphatic rings. The Morgan fingerprint density at radius 2 is 1.39 bits per heavy atom. The van der Waals surface area contributed by atoms with Gasteiger partial charge in [0.15, 0.2) is 11.6 Å². The largest absolute Gasteiger partial charge is 0.497 e. The summed E-state index contributed by atoms with van der Waals surface area (Å²) in [6, 6.07) is 27.0. The summed E-state index contributed by atoms with van der Waals surface area (Å²) in [7, 11) is 4.98. The normalized spacial score (nSPS) is 11.6. The van der Waals surface area contributed by atoms with Crippen LogP contribution in [0.1, 0.15) is 16.8 Å². The van der Waals surface area contributed by atoms with Crippen LogP contribution in [0, 0.1) is 18.2 Å². The van der Waals surface area contributed by atoms with Crippen molar-refractivity contribution in [1.82, 2.24) is 13.3 Å². The number of nitrogens with zero attached hydrogens (tertiary/aromatic N) is 5. The molecule has 6 rings (SSSR count). The van der Waals surface area contributed by atoms with E-state index in [1.807, 2.05) is 84.9 Å². The van der Waals surface area contributed by atoms with Crippen LogP contribution >= 0.6 is 11.7 Å². The molecule has 9 nitrogen and oxygen atoms in total. The van der Waals surface area contributed by atoms with E-state index in [0.29, 0.717) is 11.4 Å². The first kappa shape index (κ1) is 32.6. The molecule has 1 N–H and O–H groups in total. The number of benzene rings is 4. The van der Waals surface area contributed by atoms with Gasteiger partial charge < -0.3 is 24.0 Å². The molecule has 0 bridgehead atoms. The lowest BCUT2D eigenvalue weighted by molar-refractivity contribution is -0.132. The van der Waals surface area contributed by atoms with Crippen molar-refractivity contribution in [2.45, 2.75) is 0 Å². The highest BCUT2D eigenvalue weighted by molar-refractivity contribution is 7.00. The van der Waals surface area contributed by atoms with Gasteiger partial charge in [0.2, 0.25) is 0 Å². The van der Waals surface area contributed by atoms with Crippen molar-refractivity contribution in [3.05, 3.63) is 130 Å². The van der Waals surface area contributed by atoms with Crippen molar-refractivity contribution in [1.29, 1.82) is 0 Å². The second kappa shape index (κ2) is 13.8. The van der Waals surface area contributed by atoms with Crippen LogP contribution in [-0.2, 0) is 11.8 Å². The third-order valence-corrected chi connectivity index (χ3v) is 8.45. The highest BCUT2D eigenvalue weighted by Gasteiger charge is 2.26. The van der Waals surface area contributed by atoms with Crippen LogP contribution in [0.3, 0.4) is 0 Å². The van der Waals surface area contributed by atoms with Gasteiger partial charge in [0, 0.05) is 35.4 Å². The Kier molecular flexibility index (Phi) is 9.19. The van der Waals surface area contributed by atoms with Crippen molar-refractivity contribution < 1.29 is 28.2 Å². The topological polar surface area (TPSA) is 94.1 Å². The molecule has 0 fully saturated rings. The number of rotatable bonds is 10. The van der Waals surface area contributed by atoms with Crippen LogP contribution in [0.4, 0.5) is 25.8 Å². The predicted octanol–water partition coefficient (Wildman–Crippen LogP) is 8.98. The van der Waals surface area contributed by atoms with Crippen LogP contribution in [0.2, 0.25) is 0 Å². The SMILES string of the molecule is [C-]#[N+]/C(=C\c1c(F)c(F)c(-c2ccc(/C=C/c3ccc(N(c4ccc(OC)cc4)c4ccc(OC)cc4)cc3)n2C)c2nsnc12)C(=O)O. The van der Waals surface area contributed by atoms with E-state index >= 15 is 8.78 Å². The summed E-state index contributed by atoms with van der Waals surface area (Å²) < 4.78 is 51.7. The van der Waals surface area contributed by atoms with Crippen LogP contribution in [0.25, 0.3) is 45.4 Å². The standard InChI is InChI=1S/C37H27F2N5O4S/c1-40-30(37(45)46)21-29-33(38)34(39)32(36-35(29)41-49-42-36)31-20-15-23(43(31)2)8-5-22-6-9-24(10-7-22)44(25-11-16-27(47-3)17-12-25)26-13-18-28(48-4)19-14-26/h5-21H,2-4H3,(H,45,46)/b8-5+,30-21-. The maximum atomic E-state index is 15.6. The first-order valence-electron chi connectivity index (χ1n) is 14.7. The average Bonchev–Trinajstić information content (AvgIpc) is 3.75. The molecule has 0 atom stereocenters. The van der Waals surface area contributed by atoms with Crippen molar-refractivity contribution in [3.8, 4) is 22.8 Å². The molecule has 0 saturated carbocycles. The van der Waals surface area contributed by atoms with Gasteiger partial charge in [0.05, 0.1) is 43.8 Å². The number of fused-ring (bicyclic) bond motifs is 1. The van der Waals surface area contributed by atoms with Crippen molar-refractivity contribution in [3.63, 3.8) is 0 Å². The van der Waals surface area contributed by atoms with E-state index in [1.54, 1.807) is 38.0 Å². The van der Waals surface area contributed by atoms with E-state index in [0.717, 1.165) is 51.9 Å². The van der Waals surface area contributed by atoms with Crippen molar-refractivity contribution in [2.75, 3.05) is 19.1 Å².